The Morgan fingerprint density at radius 3 is 2.39 bits per heavy atom. The van der Waals surface area contributed by atoms with Crippen LogP contribution in [0.15, 0.2) is 47.4 Å². The van der Waals surface area contributed by atoms with Gasteiger partial charge in [0.05, 0.1) is 32.3 Å². The average molecular weight is 498 g/mol. The fraction of sp³-hybridized carbons (Fsp3) is 0.381. The number of carbonyl (C=O) groups is 1. The lowest BCUT2D eigenvalue weighted by Gasteiger charge is -2.27. The number of hydrogen-bond donors (Lipinski definition) is 1. The van der Waals surface area contributed by atoms with Gasteiger partial charge in [0.1, 0.15) is 17.2 Å². The number of benzene rings is 2. The Hall–Kier alpha value is -2.67. The number of ether oxygens (including phenoxy) is 2. The third-order valence-corrected chi connectivity index (χ3v) is 8.15. The second-order valence-electron chi connectivity index (χ2n) is 7.49. The second kappa shape index (κ2) is 10.1. The van der Waals surface area contributed by atoms with Gasteiger partial charge >= 0.3 is 0 Å². The Bertz CT molecular complexity index is 1220. The summed E-state index contributed by atoms with van der Waals surface area (Å²) in [5.74, 6) is -0.485. The second-order valence-corrected chi connectivity index (χ2v) is 11.3. The van der Waals surface area contributed by atoms with Crippen LogP contribution in [0, 0.1) is 6.92 Å². The summed E-state index contributed by atoms with van der Waals surface area (Å²) in [5, 5.41) is 2.59. The standard InChI is InChI=1S/C21H27N3O7S2/c1-16-6-4-5-7-18(16)24(32(3,26)27)15-21(25)22-17-8-9-19(30-2)20(14-17)33(28,29)23-10-12-31-13-11-23/h4-9,14H,10-13,15H2,1-3H3,(H,22,25). The van der Waals surface area contributed by atoms with Gasteiger partial charge in [0, 0.05) is 18.8 Å². The van der Waals surface area contributed by atoms with Gasteiger partial charge < -0.3 is 14.8 Å². The number of aryl methyl sites for hydroxylation is 1. The summed E-state index contributed by atoms with van der Waals surface area (Å²) in [4.78, 5) is 12.7. The van der Waals surface area contributed by atoms with E-state index in [4.69, 9.17) is 9.47 Å². The molecule has 33 heavy (non-hydrogen) atoms. The van der Waals surface area contributed by atoms with Crippen molar-refractivity contribution in [1.82, 2.24) is 4.31 Å². The lowest BCUT2D eigenvalue weighted by atomic mass is 10.2. The quantitative estimate of drug-likeness (QED) is 0.585. The molecule has 12 heteroatoms. The number of para-hydroxylation sites is 1. The average Bonchev–Trinajstić information content (AvgIpc) is 2.78. The highest BCUT2D eigenvalue weighted by atomic mass is 32.2. The highest BCUT2D eigenvalue weighted by molar-refractivity contribution is 7.92. The number of rotatable bonds is 8. The van der Waals surface area contributed by atoms with E-state index in [0.717, 1.165) is 10.6 Å². The first-order chi connectivity index (χ1) is 15.5. The maximum atomic E-state index is 13.1. The molecule has 1 N–H and O–H groups in total. The summed E-state index contributed by atoms with van der Waals surface area (Å²) in [7, 11) is -6.27. The summed E-state index contributed by atoms with van der Waals surface area (Å²) in [6.07, 6.45) is 1.02. The van der Waals surface area contributed by atoms with Gasteiger partial charge in [0.25, 0.3) is 0 Å². The molecule has 1 heterocycles. The van der Waals surface area contributed by atoms with Crippen molar-refractivity contribution >= 4 is 37.3 Å². The lowest BCUT2D eigenvalue weighted by molar-refractivity contribution is -0.114. The van der Waals surface area contributed by atoms with Crippen LogP contribution in [0.5, 0.6) is 5.75 Å². The normalized spacial score (nSPS) is 15.1. The molecule has 0 spiro atoms. The molecule has 0 atom stereocenters. The summed E-state index contributed by atoms with van der Waals surface area (Å²) in [6, 6.07) is 11.1. The first kappa shape index (κ1) is 25.0. The summed E-state index contributed by atoms with van der Waals surface area (Å²) in [5.41, 5.74) is 1.28. The highest BCUT2D eigenvalue weighted by Gasteiger charge is 2.30. The Kier molecular flexibility index (Phi) is 7.62. The van der Waals surface area contributed by atoms with Gasteiger partial charge in [-0.05, 0) is 36.8 Å². The number of nitrogens with one attached hydrogen (secondary N) is 1. The molecular formula is C21H27N3O7S2. The Labute approximate surface area is 194 Å². The number of carbonyl (C=O) groups excluding carboxylic acids is 1. The molecule has 0 unspecified atom stereocenters. The van der Waals surface area contributed by atoms with Crippen LogP contribution in [-0.4, -0.2) is 73.3 Å². The van der Waals surface area contributed by atoms with Crippen LogP contribution < -0.4 is 14.4 Å². The number of sulfonamides is 2. The van der Waals surface area contributed by atoms with Crippen LogP contribution in [0.25, 0.3) is 0 Å². The summed E-state index contributed by atoms with van der Waals surface area (Å²) in [6.45, 7) is 2.28. The predicted octanol–water partition coefficient (Wildman–Crippen LogP) is 1.43. The van der Waals surface area contributed by atoms with Crippen molar-refractivity contribution in [2.45, 2.75) is 11.8 Å². The Balaban J connectivity index is 1.86. The van der Waals surface area contributed by atoms with Gasteiger partial charge in [-0.2, -0.15) is 4.31 Å². The van der Waals surface area contributed by atoms with E-state index in [-0.39, 0.29) is 42.6 Å². The van der Waals surface area contributed by atoms with E-state index in [1.54, 1.807) is 31.2 Å². The number of nitrogens with zero attached hydrogens (tertiary/aromatic N) is 2. The van der Waals surface area contributed by atoms with Crippen LogP contribution in [0.2, 0.25) is 0 Å². The number of anilines is 2. The first-order valence-corrected chi connectivity index (χ1v) is 13.4. The molecule has 0 bridgehead atoms. The molecule has 2 aromatic rings. The van der Waals surface area contributed by atoms with Gasteiger partial charge in [0.2, 0.25) is 26.0 Å². The van der Waals surface area contributed by atoms with Crippen molar-refractivity contribution in [1.29, 1.82) is 0 Å². The zero-order valence-electron chi connectivity index (χ0n) is 18.6. The van der Waals surface area contributed by atoms with Crippen molar-refractivity contribution in [2.24, 2.45) is 0 Å². The zero-order valence-corrected chi connectivity index (χ0v) is 20.3. The van der Waals surface area contributed by atoms with Gasteiger partial charge in [-0.25, -0.2) is 16.8 Å². The van der Waals surface area contributed by atoms with Crippen molar-refractivity contribution in [3.63, 3.8) is 0 Å². The van der Waals surface area contributed by atoms with Crippen molar-refractivity contribution in [3.05, 3.63) is 48.0 Å². The van der Waals surface area contributed by atoms with E-state index >= 15 is 0 Å². The molecule has 0 radical (unpaired) electrons. The Morgan fingerprint density at radius 2 is 1.79 bits per heavy atom. The molecule has 1 fully saturated rings. The lowest BCUT2D eigenvalue weighted by Crippen LogP contribution is -2.40. The van der Waals surface area contributed by atoms with Gasteiger partial charge in [-0.3, -0.25) is 9.10 Å². The SMILES string of the molecule is COc1ccc(NC(=O)CN(c2ccccc2C)S(C)(=O)=O)cc1S(=O)(=O)N1CCOCC1. The van der Waals surface area contributed by atoms with Gasteiger partial charge in [-0.1, -0.05) is 18.2 Å². The predicted molar refractivity (Wildman–Crippen MR) is 125 cm³/mol. The number of methoxy groups -OCH3 is 1. The van der Waals surface area contributed by atoms with Crippen molar-refractivity contribution in [2.75, 3.05) is 55.8 Å². The van der Waals surface area contributed by atoms with Crippen LogP contribution in [-0.2, 0) is 29.6 Å². The van der Waals surface area contributed by atoms with E-state index in [2.05, 4.69) is 5.32 Å². The van der Waals surface area contributed by atoms with Crippen molar-refractivity contribution in [3.8, 4) is 5.75 Å². The van der Waals surface area contributed by atoms with Gasteiger partial charge in [-0.15, -0.1) is 0 Å². The largest absolute Gasteiger partial charge is 0.495 e. The minimum atomic E-state index is -3.89. The molecule has 1 aliphatic rings. The molecular weight excluding hydrogens is 470 g/mol. The Morgan fingerprint density at radius 1 is 1.12 bits per heavy atom. The van der Waals surface area contributed by atoms with Crippen molar-refractivity contribution < 1.29 is 31.1 Å². The monoisotopic (exact) mass is 497 g/mol. The first-order valence-electron chi connectivity index (χ1n) is 10.1. The third-order valence-electron chi connectivity index (χ3n) is 5.11. The van der Waals surface area contributed by atoms with Crippen LogP contribution >= 0.6 is 0 Å². The summed E-state index contributed by atoms with van der Waals surface area (Å²) < 4.78 is 63.7. The maximum Gasteiger partial charge on any atom is 0.246 e. The maximum absolute atomic E-state index is 13.1. The zero-order chi connectivity index (χ0) is 24.2. The topological polar surface area (TPSA) is 122 Å². The molecule has 180 valence electrons. The van der Waals surface area contributed by atoms with E-state index in [1.807, 2.05) is 0 Å². The molecule has 1 amide bonds. The summed E-state index contributed by atoms with van der Waals surface area (Å²) >= 11 is 0. The molecule has 2 aromatic carbocycles. The molecule has 1 aliphatic heterocycles. The van der Waals surface area contributed by atoms with Crippen LogP contribution in [0.3, 0.4) is 0 Å². The molecule has 0 saturated carbocycles. The molecule has 0 aliphatic carbocycles. The third kappa shape index (κ3) is 5.82. The van der Waals surface area contributed by atoms with E-state index in [9.17, 15) is 21.6 Å². The number of amides is 1. The molecule has 1 saturated heterocycles. The van der Waals surface area contributed by atoms with Crippen LogP contribution in [0.1, 0.15) is 5.56 Å². The van der Waals surface area contributed by atoms with E-state index in [1.165, 1.54) is 29.6 Å². The van der Waals surface area contributed by atoms with Gasteiger partial charge in [0.15, 0.2) is 0 Å². The fourth-order valence-electron chi connectivity index (χ4n) is 3.44. The highest BCUT2D eigenvalue weighted by Crippen LogP contribution is 2.30. The molecule has 0 aromatic heterocycles. The minimum absolute atomic E-state index is 0.0939. The minimum Gasteiger partial charge on any atom is -0.495 e. The molecule has 10 nitrogen and oxygen atoms in total. The fourth-order valence-corrected chi connectivity index (χ4v) is 5.94. The van der Waals surface area contributed by atoms with E-state index < -0.39 is 32.5 Å². The van der Waals surface area contributed by atoms with E-state index in [0.29, 0.717) is 11.3 Å². The van der Waals surface area contributed by atoms with Crippen LogP contribution in [0.4, 0.5) is 11.4 Å². The molecule has 3 rings (SSSR count). The number of morpholine rings is 1. The smallest absolute Gasteiger partial charge is 0.246 e. The number of hydrogen-bond acceptors (Lipinski definition) is 7.